The van der Waals surface area contributed by atoms with Gasteiger partial charge in [0.25, 0.3) is 0 Å². The zero-order chi connectivity index (χ0) is 50.4. The predicted octanol–water partition coefficient (Wildman–Crippen LogP) is 20.6. The van der Waals surface area contributed by atoms with Crippen LogP contribution in [0.25, 0.3) is 185 Å². The fourth-order valence-corrected chi connectivity index (χ4v) is 14.6. The SMILES string of the molecule is N#CC(C#N)c1cc2c3cc(-c4ccccc4)cc4c5cc(-c6ccccc6)cc6c7cc(-c8ccccc8)cc8c9cc(-c%10ccccc%10)cc%10c%11cc(-c%12ccccc%12)cc%12c(c1)c2c1c(c43)c(c65)c(c78)c(c9%10)c1c%11%12. The normalized spacial score (nSPS) is 12.5. The summed E-state index contributed by atoms with van der Waals surface area (Å²) >= 11 is 0. The summed E-state index contributed by atoms with van der Waals surface area (Å²) in [7, 11) is 0. The number of hydrogen-bond acceptors (Lipinski definition) is 2. The molecule has 0 radical (unpaired) electrons. The van der Waals surface area contributed by atoms with E-state index < -0.39 is 5.92 Å². The minimum absolute atomic E-state index is 0.718. The van der Waals surface area contributed by atoms with Crippen molar-refractivity contribution in [2.24, 2.45) is 0 Å². The van der Waals surface area contributed by atoms with E-state index in [2.05, 4.69) is 237 Å². The Morgan fingerprint density at radius 1 is 0.195 bits per heavy atom. The summed E-state index contributed by atoms with van der Waals surface area (Å²) in [5.41, 5.74) is 12.3. The zero-order valence-electron chi connectivity index (χ0n) is 41.3. The van der Waals surface area contributed by atoms with Gasteiger partial charge >= 0.3 is 0 Å². The van der Waals surface area contributed by atoms with Crippen molar-refractivity contribution in [1.29, 1.82) is 10.5 Å². The molecule has 0 saturated carbocycles. The molecule has 18 rings (SSSR count). The molecule has 0 amide bonds. The molecule has 0 fully saturated rings. The van der Waals surface area contributed by atoms with Crippen molar-refractivity contribution in [3.63, 3.8) is 0 Å². The molecule has 0 spiro atoms. The standard InChI is InChI=1S/C75H38N2/c76-38-51(39-77)50-36-62-60-34-48(43-22-12-4-13-23-43)32-58-56-30-46(41-18-8-2-9-19-41)28-54-52-26-45(40-16-6-1-7-17-40)27-53-55-29-47(42-20-10-3-11-21-42)31-57-59-33-49(44-24-14-5-15-25-44)35-61-63(37-50)69(62)75-73(67(58)60)71(65(54)56)70(64(52)53)72(66(55)57)74(75)68(59)61/h1-37,51H. The van der Waals surface area contributed by atoms with Gasteiger partial charge in [0.2, 0.25) is 0 Å². The number of fused-ring (bicyclic) bond motifs is 6. The van der Waals surface area contributed by atoms with Gasteiger partial charge in [-0.3, -0.25) is 0 Å². The molecule has 0 bridgehead atoms. The van der Waals surface area contributed by atoms with E-state index >= 15 is 0 Å². The second kappa shape index (κ2) is 14.7. The molecule has 2 heteroatoms. The molecule has 77 heavy (non-hydrogen) atoms. The third kappa shape index (κ3) is 5.22. The summed E-state index contributed by atoms with van der Waals surface area (Å²) in [6.07, 6.45) is 0. The molecule has 0 unspecified atom stereocenters. The summed E-state index contributed by atoms with van der Waals surface area (Å²) in [5, 5.41) is 51.2. The van der Waals surface area contributed by atoms with Crippen LogP contribution in [0.3, 0.4) is 0 Å². The minimum atomic E-state index is -0.963. The first-order valence-electron chi connectivity index (χ1n) is 26.5. The van der Waals surface area contributed by atoms with Crippen molar-refractivity contribution in [2.45, 2.75) is 5.92 Å². The Hall–Kier alpha value is -10.4. The Bertz CT molecular complexity index is 5220. The molecule has 0 aliphatic heterocycles. The van der Waals surface area contributed by atoms with Crippen molar-refractivity contribution in [3.8, 4) is 67.8 Å². The Labute approximate surface area is 441 Å². The fourth-order valence-electron chi connectivity index (χ4n) is 14.6. The van der Waals surface area contributed by atoms with Crippen LogP contribution >= 0.6 is 0 Å². The van der Waals surface area contributed by atoms with Gasteiger partial charge < -0.3 is 0 Å². The summed E-state index contributed by atoms with van der Waals surface area (Å²) in [6.45, 7) is 0. The number of hydrogen-bond donors (Lipinski definition) is 0. The maximum Gasteiger partial charge on any atom is 0.158 e. The highest BCUT2D eigenvalue weighted by Gasteiger charge is 2.33. The third-order valence-corrected chi connectivity index (χ3v) is 17.7. The maximum absolute atomic E-state index is 10.8. The van der Waals surface area contributed by atoms with Gasteiger partial charge in [0.05, 0.1) is 12.1 Å². The lowest BCUT2D eigenvalue weighted by Gasteiger charge is -2.30. The van der Waals surface area contributed by atoms with Crippen LogP contribution in [0.2, 0.25) is 0 Å². The summed E-state index contributed by atoms with van der Waals surface area (Å²) < 4.78 is 0. The first kappa shape index (κ1) is 41.0. The molecule has 18 aromatic carbocycles. The van der Waals surface area contributed by atoms with E-state index in [1.54, 1.807) is 0 Å². The molecule has 0 heterocycles. The summed E-state index contributed by atoms with van der Waals surface area (Å²) in [5.74, 6) is -0.963. The smallest absolute Gasteiger partial charge is 0.158 e. The molecule has 0 atom stereocenters. The second-order valence-corrected chi connectivity index (χ2v) is 21.5. The Morgan fingerprint density at radius 2 is 0.364 bits per heavy atom. The highest BCUT2D eigenvalue weighted by Crippen LogP contribution is 2.62. The molecule has 0 aliphatic rings. The van der Waals surface area contributed by atoms with Crippen LogP contribution in [0.1, 0.15) is 11.5 Å². The van der Waals surface area contributed by atoms with Crippen LogP contribution in [-0.2, 0) is 0 Å². The molecule has 0 saturated heterocycles. The first-order chi connectivity index (χ1) is 38.1. The van der Waals surface area contributed by atoms with E-state index in [1.165, 1.54) is 141 Å². The largest absolute Gasteiger partial charge is 0.196 e. The highest BCUT2D eigenvalue weighted by atomic mass is 14.4. The Morgan fingerprint density at radius 3 is 0.532 bits per heavy atom. The van der Waals surface area contributed by atoms with Crippen molar-refractivity contribution in [3.05, 3.63) is 230 Å². The number of rotatable bonds is 6. The van der Waals surface area contributed by atoms with Gasteiger partial charge in [0, 0.05) is 0 Å². The molecular weight excluding hydrogens is 929 g/mol. The summed E-state index contributed by atoms with van der Waals surface area (Å²) in [6, 6.07) is 88.1. The molecule has 2 nitrogen and oxygen atoms in total. The lowest BCUT2D eigenvalue weighted by Crippen LogP contribution is -2.02. The molecule has 18 aromatic rings. The van der Waals surface area contributed by atoms with Gasteiger partial charge in [-0.2, -0.15) is 10.5 Å². The van der Waals surface area contributed by atoms with Crippen molar-refractivity contribution in [1.82, 2.24) is 0 Å². The van der Waals surface area contributed by atoms with Crippen LogP contribution in [-0.4, -0.2) is 0 Å². The van der Waals surface area contributed by atoms with Crippen molar-refractivity contribution < 1.29 is 0 Å². The van der Waals surface area contributed by atoms with Crippen LogP contribution in [0.4, 0.5) is 0 Å². The van der Waals surface area contributed by atoms with Crippen molar-refractivity contribution >= 4 is 129 Å². The fraction of sp³-hybridized carbons (Fsp3) is 0.0133. The zero-order valence-corrected chi connectivity index (χ0v) is 41.3. The van der Waals surface area contributed by atoms with E-state index in [-0.39, 0.29) is 0 Å². The predicted molar refractivity (Wildman–Crippen MR) is 325 cm³/mol. The van der Waals surface area contributed by atoms with Crippen LogP contribution < -0.4 is 0 Å². The van der Waals surface area contributed by atoms with E-state index in [4.69, 9.17) is 0 Å². The topological polar surface area (TPSA) is 47.6 Å². The van der Waals surface area contributed by atoms with Gasteiger partial charge in [-0.15, -0.1) is 0 Å². The van der Waals surface area contributed by atoms with E-state index in [0.29, 0.717) is 0 Å². The van der Waals surface area contributed by atoms with Crippen LogP contribution in [0, 0.1) is 22.7 Å². The maximum atomic E-state index is 10.8. The van der Waals surface area contributed by atoms with Gasteiger partial charge in [0.1, 0.15) is 0 Å². The van der Waals surface area contributed by atoms with Gasteiger partial charge in [-0.25, -0.2) is 0 Å². The number of nitriles is 2. The number of nitrogens with zero attached hydrogens (tertiary/aromatic N) is 2. The Kier molecular flexibility index (Phi) is 7.82. The Balaban J connectivity index is 1.21. The molecular formula is C75H38N2. The average Bonchev–Trinajstić information content (AvgIpc) is 3.68. The lowest BCUT2D eigenvalue weighted by molar-refractivity contribution is 1.11. The van der Waals surface area contributed by atoms with E-state index in [1.807, 2.05) is 0 Å². The minimum Gasteiger partial charge on any atom is -0.196 e. The number of benzene rings is 18. The van der Waals surface area contributed by atoms with E-state index in [0.717, 1.165) is 49.4 Å². The van der Waals surface area contributed by atoms with E-state index in [9.17, 15) is 10.5 Å². The summed E-state index contributed by atoms with van der Waals surface area (Å²) in [4.78, 5) is 0. The third-order valence-electron chi connectivity index (χ3n) is 17.7. The van der Waals surface area contributed by atoms with Gasteiger partial charge in [-0.05, 0) is 263 Å². The lowest BCUT2D eigenvalue weighted by atomic mass is 9.72. The first-order valence-corrected chi connectivity index (χ1v) is 26.5. The van der Waals surface area contributed by atoms with Gasteiger partial charge in [0.15, 0.2) is 5.92 Å². The quantitative estimate of drug-likeness (QED) is 0.123. The van der Waals surface area contributed by atoms with Crippen molar-refractivity contribution in [2.75, 3.05) is 0 Å². The molecule has 0 aliphatic carbocycles. The second-order valence-electron chi connectivity index (χ2n) is 21.5. The highest BCUT2D eigenvalue weighted by molar-refractivity contribution is 6.61. The molecule has 0 N–H and O–H groups in total. The average molecular weight is 967 g/mol. The molecule has 348 valence electrons. The van der Waals surface area contributed by atoms with Gasteiger partial charge in [-0.1, -0.05) is 152 Å². The van der Waals surface area contributed by atoms with Crippen LogP contribution in [0.15, 0.2) is 224 Å². The molecule has 0 aromatic heterocycles. The monoisotopic (exact) mass is 966 g/mol. The van der Waals surface area contributed by atoms with Crippen LogP contribution in [0.5, 0.6) is 0 Å².